The van der Waals surface area contributed by atoms with E-state index in [0.717, 1.165) is 32.1 Å². The largest absolute Gasteiger partial charge is 0.352 e. The van der Waals surface area contributed by atoms with Crippen molar-refractivity contribution in [2.75, 3.05) is 6.54 Å². The highest BCUT2D eigenvalue weighted by Gasteiger charge is 2.30. The normalized spacial score (nSPS) is 24.0. The molecular formula is C19H26N2O2. The predicted octanol–water partition coefficient (Wildman–Crippen LogP) is 2.43. The Hall–Kier alpha value is -1.84. The average molecular weight is 314 g/mol. The lowest BCUT2D eigenvalue weighted by Gasteiger charge is -2.32. The fraction of sp³-hybridized carbons (Fsp3) is 0.579. The van der Waals surface area contributed by atoms with Crippen LogP contribution in [-0.2, 0) is 16.0 Å². The van der Waals surface area contributed by atoms with E-state index in [0.29, 0.717) is 5.92 Å². The molecule has 4 nitrogen and oxygen atoms in total. The van der Waals surface area contributed by atoms with Crippen LogP contribution in [0.4, 0.5) is 0 Å². The van der Waals surface area contributed by atoms with E-state index in [9.17, 15) is 9.59 Å². The number of hydrogen-bond donors (Lipinski definition) is 2. The van der Waals surface area contributed by atoms with Gasteiger partial charge in [-0.15, -0.1) is 0 Å². The van der Waals surface area contributed by atoms with E-state index in [-0.39, 0.29) is 30.3 Å². The van der Waals surface area contributed by atoms with Crippen molar-refractivity contribution < 1.29 is 9.59 Å². The van der Waals surface area contributed by atoms with Gasteiger partial charge in [-0.1, -0.05) is 43.2 Å². The van der Waals surface area contributed by atoms with Crippen molar-refractivity contribution in [3.05, 3.63) is 35.9 Å². The second-order valence-corrected chi connectivity index (χ2v) is 6.90. The first-order valence-electron chi connectivity index (χ1n) is 8.83. The third-order valence-corrected chi connectivity index (χ3v) is 4.97. The summed E-state index contributed by atoms with van der Waals surface area (Å²) < 4.78 is 0. The molecule has 2 aliphatic carbocycles. The molecule has 1 aromatic rings. The van der Waals surface area contributed by atoms with Gasteiger partial charge in [-0.2, -0.15) is 0 Å². The Labute approximate surface area is 138 Å². The fourth-order valence-electron chi connectivity index (χ4n) is 3.47. The van der Waals surface area contributed by atoms with Gasteiger partial charge < -0.3 is 10.6 Å². The van der Waals surface area contributed by atoms with Crippen LogP contribution >= 0.6 is 0 Å². The average Bonchev–Trinajstić information content (AvgIpc) is 3.40. The van der Waals surface area contributed by atoms with E-state index in [2.05, 4.69) is 34.9 Å². The van der Waals surface area contributed by atoms with Gasteiger partial charge >= 0.3 is 0 Å². The third-order valence-electron chi connectivity index (χ3n) is 4.97. The fourth-order valence-corrected chi connectivity index (χ4v) is 3.47. The molecule has 0 saturated heterocycles. The summed E-state index contributed by atoms with van der Waals surface area (Å²) in [6, 6.07) is 10.7. The lowest BCUT2D eigenvalue weighted by atomic mass is 9.80. The molecule has 0 bridgehead atoms. The highest BCUT2D eigenvalue weighted by Crippen LogP contribution is 2.29. The Morgan fingerprint density at radius 3 is 2.48 bits per heavy atom. The maximum absolute atomic E-state index is 12.1. The van der Waals surface area contributed by atoms with Crippen LogP contribution in [0.25, 0.3) is 0 Å². The molecule has 3 rings (SSSR count). The zero-order valence-electron chi connectivity index (χ0n) is 13.6. The summed E-state index contributed by atoms with van der Waals surface area (Å²) >= 11 is 0. The van der Waals surface area contributed by atoms with Gasteiger partial charge in [0.15, 0.2) is 0 Å². The number of nitrogens with one attached hydrogen (secondary N) is 2. The molecule has 2 amide bonds. The molecule has 4 heteroatoms. The van der Waals surface area contributed by atoms with Crippen LogP contribution in [-0.4, -0.2) is 24.4 Å². The number of carbonyl (C=O) groups is 2. The monoisotopic (exact) mass is 314 g/mol. The minimum absolute atomic E-state index is 0.0321. The molecule has 0 aliphatic heterocycles. The maximum Gasteiger partial charge on any atom is 0.239 e. The lowest BCUT2D eigenvalue weighted by molar-refractivity contribution is -0.127. The molecule has 2 saturated carbocycles. The Balaban J connectivity index is 1.49. The molecule has 23 heavy (non-hydrogen) atoms. The number of benzene rings is 1. The maximum atomic E-state index is 12.1. The topological polar surface area (TPSA) is 58.2 Å². The van der Waals surface area contributed by atoms with E-state index in [1.165, 1.54) is 18.4 Å². The van der Waals surface area contributed by atoms with Crippen molar-refractivity contribution in [2.45, 2.75) is 51.0 Å². The third kappa shape index (κ3) is 4.81. The second-order valence-electron chi connectivity index (χ2n) is 6.90. The van der Waals surface area contributed by atoms with Crippen LogP contribution < -0.4 is 10.6 Å². The Morgan fingerprint density at radius 2 is 1.74 bits per heavy atom. The van der Waals surface area contributed by atoms with Crippen molar-refractivity contribution in [2.24, 2.45) is 11.8 Å². The molecule has 2 aliphatic rings. The van der Waals surface area contributed by atoms with Gasteiger partial charge in [-0.25, -0.2) is 0 Å². The minimum atomic E-state index is -0.0519. The molecule has 2 N–H and O–H groups in total. The highest BCUT2D eigenvalue weighted by molar-refractivity contribution is 5.86. The zero-order valence-corrected chi connectivity index (χ0v) is 13.6. The molecule has 124 valence electrons. The highest BCUT2D eigenvalue weighted by atomic mass is 16.2. The smallest absolute Gasteiger partial charge is 0.239 e. The van der Waals surface area contributed by atoms with Crippen molar-refractivity contribution in [1.29, 1.82) is 0 Å². The first kappa shape index (κ1) is 16.0. The summed E-state index contributed by atoms with van der Waals surface area (Å²) in [7, 11) is 0. The summed E-state index contributed by atoms with van der Waals surface area (Å²) in [6.07, 6.45) is 7.56. The van der Waals surface area contributed by atoms with Crippen LogP contribution in [0.2, 0.25) is 0 Å². The molecule has 2 atom stereocenters. The number of carbonyl (C=O) groups excluding carboxylic acids is 2. The van der Waals surface area contributed by atoms with E-state index in [1.807, 2.05) is 6.07 Å². The molecule has 1 aromatic carbocycles. The number of hydrogen-bond acceptors (Lipinski definition) is 2. The molecule has 0 spiro atoms. The first-order chi connectivity index (χ1) is 11.2. The van der Waals surface area contributed by atoms with Crippen LogP contribution in [0.5, 0.6) is 0 Å². The summed E-state index contributed by atoms with van der Waals surface area (Å²) in [5, 5.41) is 5.90. The summed E-state index contributed by atoms with van der Waals surface area (Å²) in [5.41, 5.74) is 1.33. The molecule has 0 radical (unpaired) electrons. The Kier molecular flexibility index (Phi) is 5.31. The summed E-state index contributed by atoms with van der Waals surface area (Å²) in [6.45, 7) is 0.115. The second kappa shape index (κ2) is 7.62. The SMILES string of the molecule is O=C(CNC(=O)C1CC1)N[C@@H]1CCCC[C@H]1Cc1ccccc1. The molecule has 0 aromatic heterocycles. The quantitative estimate of drug-likeness (QED) is 0.847. The van der Waals surface area contributed by atoms with Gasteiger partial charge in [0.05, 0.1) is 6.54 Å². The van der Waals surface area contributed by atoms with Crippen molar-refractivity contribution in [3.8, 4) is 0 Å². The molecule has 0 heterocycles. The van der Waals surface area contributed by atoms with Gasteiger partial charge in [-0.3, -0.25) is 9.59 Å². The zero-order chi connectivity index (χ0) is 16.1. The van der Waals surface area contributed by atoms with Gasteiger partial charge in [-0.05, 0) is 43.6 Å². The van der Waals surface area contributed by atoms with Crippen molar-refractivity contribution in [1.82, 2.24) is 10.6 Å². The minimum Gasteiger partial charge on any atom is -0.352 e. The van der Waals surface area contributed by atoms with E-state index in [4.69, 9.17) is 0 Å². The Morgan fingerprint density at radius 1 is 1.00 bits per heavy atom. The van der Waals surface area contributed by atoms with Gasteiger partial charge in [0.1, 0.15) is 0 Å². The van der Waals surface area contributed by atoms with Crippen molar-refractivity contribution >= 4 is 11.8 Å². The van der Waals surface area contributed by atoms with E-state index < -0.39 is 0 Å². The van der Waals surface area contributed by atoms with E-state index >= 15 is 0 Å². The first-order valence-corrected chi connectivity index (χ1v) is 8.83. The number of amides is 2. The molecular weight excluding hydrogens is 288 g/mol. The predicted molar refractivity (Wildman–Crippen MR) is 89.8 cm³/mol. The van der Waals surface area contributed by atoms with Gasteiger partial charge in [0, 0.05) is 12.0 Å². The Bertz CT molecular complexity index is 540. The lowest BCUT2D eigenvalue weighted by Crippen LogP contribution is -2.47. The van der Waals surface area contributed by atoms with Crippen LogP contribution in [0, 0.1) is 11.8 Å². The number of rotatable bonds is 6. The molecule has 0 unspecified atom stereocenters. The van der Waals surface area contributed by atoms with E-state index in [1.54, 1.807) is 0 Å². The van der Waals surface area contributed by atoms with Crippen LogP contribution in [0.1, 0.15) is 44.1 Å². The van der Waals surface area contributed by atoms with Gasteiger partial charge in [0.2, 0.25) is 11.8 Å². The van der Waals surface area contributed by atoms with Crippen LogP contribution in [0.15, 0.2) is 30.3 Å². The summed E-state index contributed by atoms with van der Waals surface area (Å²) in [4.78, 5) is 23.7. The molecule has 2 fully saturated rings. The van der Waals surface area contributed by atoms with Gasteiger partial charge in [0.25, 0.3) is 0 Å². The standard InChI is InChI=1S/C19H26N2O2/c22-18(13-20-19(23)15-10-11-15)21-17-9-5-4-8-16(17)12-14-6-2-1-3-7-14/h1-3,6-7,15-17H,4-5,8-13H2,(H,20,23)(H,21,22)/t16-,17+/m0/s1. The van der Waals surface area contributed by atoms with Crippen LogP contribution in [0.3, 0.4) is 0 Å². The summed E-state index contributed by atoms with van der Waals surface area (Å²) in [5.74, 6) is 0.631. The van der Waals surface area contributed by atoms with Crippen molar-refractivity contribution in [3.63, 3.8) is 0 Å².